The minimum Gasteiger partial charge on any atom is -0.349 e. The third-order valence-corrected chi connectivity index (χ3v) is 5.27. The molecule has 1 aromatic heterocycles. The zero-order chi connectivity index (χ0) is 16.8. The summed E-state index contributed by atoms with van der Waals surface area (Å²) in [5, 5.41) is 5.79. The van der Waals surface area contributed by atoms with Gasteiger partial charge in [0, 0.05) is 18.3 Å². The molecule has 0 saturated carbocycles. The number of benzene rings is 1. The fraction of sp³-hybridized carbons (Fsp3) is 0.444. The number of nitrogens with two attached hydrogens (primary N) is 1. The number of nitrogens with one attached hydrogen (secondary N) is 1. The molecule has 3 rings (SSSR count). The summed E-state index contributed by atoms with van der Waals surface area (Å²) >= 11 is 1.50. The summed E-state index contributed by atoms with van der Waals surface area (Å²) in [6.45, 7) is 3.34. The zero-order valence-corrected chi connectivity index (χ0v) is 14.6. The molecule has 1 aliphatic heterocycles. The number of thiazole rings is 1. The SMILES string of the molecule is NCCc1nc(C(=O)NCC(c2ccccc2)N2CCCC2)cs1. The van der Waals surface area contributed by atoms with E-state index in [9.17, 15) is 4.79 Å². The number of hydrogen-bond acceptors (Lipinski definition) is 5. The van der Waals surface area contributed by atoms with Crippen molar-refractivity contribution in [3.63, 3.8) is 0 Å². The van der Waals surface area contributed by atoms with Crippen LogP contribution in [0, 0.1) is 0 Å². The largest absolute Gasteiger partial charge is 0.349 e. The predicted octanol–water partition coefficient (Wildman–Crippen LogP) is 2.21. The van der Waals surface area contributed by atoms with Gasteiger partial charge < -0.3 is 11.1 Å². The van der Waals surface area contributed by atoms with Gasteiger partial charge in [0.25, 0.3) is 5.91 Å². The quantitative estimate of drug-likeness (QED) is 0.808. The van der Waals surface area contributed by atoms with Crippen LogP contribution in [0.2, 0.25) is 0 Å². The van der Waals surface area contributed by atoms with Gasteiger partial charge in [-0.05, 0) is 38.0 Å². The summed E-state index contributed by atoms with van der Waals surface area (Å²) in [4.78, 5) is 19.2. The Hall–Kier alpha value is -1.76. The predicted molar refractivity (Wildman–Crippen MR) is 97.2 cm³/mol. The van der Waals surface area contributed by atoms with Crippen molar-refractivity contribution in [1.82, 2.24) is 15.2 Å². The highest BCUT2D eigenvalue weighted by Gasteiger charge is 2.24. The van der Waals surface area contributed by atoms with Gasteiger partial charge in [-0.3, -0.25) is 9.69 Å². The van der Waals surface area contributed by atoms with Crippen LogP contribution in [0.25, 0.3) is 0 Å². The van der Waals surface area contributed by atoms with Crippen LogP contribution in [-0.4, -0.2) is 42.0 Å². The van der Waals surface area contributed by atoms with Gasteiger partial charge in [-0.2, -0.15) is 0 Å². The van der Waals surface area contributed by atoms with Gasteiger partial charge in [0.05, 0.1) is 11.0 Å². The van der Waals surface area contributed by atoms with Crippen LogP contribution >= 0.6 is 11.3 Å². The summed E-state index contributed by atoms with van der Waals surface area (Å²) in [5.74, 6) is -0.102. The van der Waals surface area contributed by atoms with Gasteiger partial charge >= 0.3 is 0 Å². The first-order valence-electron chi connectivity index (χ1n) is 8.49. The van der Waals surface area contributed by atoms with E-state index in [1.54, 1.807) is 0 Å². The highest BCUT2D eigenvalue weighted by atomic mass is 32.1. The molecule has 1 saturated heterocycles. The summed E-state index contributed by atoms with van der Waals surface area (Å²) in [6, 6.07) is 10.6. The second kappa shape index (κ2) is 8.37. The molecule has 0 radical (unpaired) electrons. The molecule has 0 spiro atoms. The van der Waals surface area contributed by atoms with Gasteiger partial charge in [0.15, 0.2) is 0 Å². The topological polar surface area (TPSA) is 71.2 Å². The second-order valence-electron chi connectivity index (χ2n) is 6.04. The average molecular weight is 344 g/mol. The van der Waals surface area contributed by atoms with Crippen molar-refractivity contribution in [3.8, 4) is 0 Å². The number of hydrogen-bond donors (Lipinski definition) is 2. The summed E-state index contributed by atoms with van der Waals surface area (Å²) in [5.41, 5.74) is 7.29. The van der Waals surface area contributed by atoms with E-state index in [4.69, 9.17) is 5.73 Å². The van der Waals surface area contributed by atoms with Gasteiger partial charge in [-0.1, -0.05) is 30.3 Å². The number of carbonyl (C=O) groups is 1. The molecule has 128 valence electrons. The Bertz CT molecular complexity index is 652. The summed E-state index contributed by atoms with van der Waals surface area (Å²) in [7, 11) is 0. The lowest BCUT2D eigenvalue weighted by Gasteiger charge is -2.28. The fourth-order valence-electron chi connectivity index (χ4n) is 3.12. The second-order valence-corrected chi connectivity index (χ2v) is 6.99. The van der Waals surface area contributed by atoms with Crippen LogP contribution in [0.1, 0.15) is 39.9 Å². The molecule has 2 aromatic rings. The fourth-order valence-corrected chi connectivity index (χ4v) is 3.91. The lowest BCUT2D eigenvalue weighted by Crippen LogP contribution is -2.36. The first kappa shape index (κ1) is 17.1. The molecular weight excluding hydrogens is 320 g/mol. The third-order valence-electron chi connectivity index (χ3n) is 4.36. The molecule has 2 heterocycles. The standard InChI is InChI=1S/C18H24N4OS/c19-9-8-17-21-15(13-24-17)18(23)20-12-16(22-10-4-5-11-22)14-6-2-1-3-7-14/h1-3,6-7,13,16H,4-5,8-12,19H2,(H,20,23). The molecule has 1 aliphatic rings. The maximum absolute atomic E-state index is 12.4. The molecule has 1 unspecified atom stereocenters. The van der Waals surface area contributed by atoms with Crippen molar-refractivity contribution in [2.24, 2.45) is 5.73 Å². The Kier molecular flexibility index (Phi) is 5.96. The van der Waals surface area contributed by atoms with Crippen LogP contribution in [0.5, 0.6) is 0 Å². The normalized spacial score (nSPS) is 16.2. The number of nitrogens with zero attached hydrogens (tertiary/aromatic N) is 2. The van der Waals surface area contributed by atoms with Crippen LogP contribution in [0.3, 0.4) is 0 Å². The Morgan fingerprint density at radius 2 is 2.04 bits per heavy atom. The molecule has 0 aliphatic carbocycles. The molecule has 24 heavy (non-hydrogen) atoms. The Labute approximate surface area is 146 Å². The van der Waals surface area contributed by atoms with Crippen molar-refractivity contribution in [3.05, 3.63) is 52.0 Å². The average Bonchev–Trinajstić information content (AvgIpc) is 3.28. The van der Waals surface area contributed by atoms with Crippen molar-refractivity contribution >= 4 is 17.2 Å². The first-order chi connectivity index (χ1) is 11.8. The number of amides is 1. The number of likely N-dealkylation sites (tertiary alicyclic amines) is 1. The Balaban J connectivity index is 1.65. The monoisotopic (exact) mass is 344 g/mol. The van der Waals surface area contributed by atoms with E-state index in [1.807, 2.05) is 11.4 Å². The van der Waals surface area contributed by atoms with Gasteiger partial charge in [0.2, 0.25) is 0 Å². The highest BCUT2D eigenvalue weighted by molar-refractivity contribution is 7.09. The Morgan fingerprint density at radius 3 is 2.75 bits per heavy atom. The van der Waals surface area contributed by atoms with Gasteiger partial charge in [0.1, 0.15) is 5.69 Å². The van der Waals surface area contributed by atoms with Crippen LogP contribution in [0.4, 0.5) is 0 Å². The van der Waals surface area contributed by atoms with Crippen LogP contribution in [0.15, 0.2) is 35.7 Å². The van der Waals surface area contributed by atoms with E-state index < -0.39 is 0 Å². The molecule has 3 N–H and O–H groups in total. The molecule has 0 bridgehead atoms. The van der Waals surface area contributed by atoms with Crippen LogP contribution < -0.4 is 11.1 Å². The minimum atomic E-state index is -0.102. The summed E-state index contributed by atoms with van der Waals surface area (Å²) < 4.78 is 0. The van der Waals surface area contributed by atoms with Crippen molar-refractivity contribution < 1.29 is 4.79 Å². The maximum Gasteiger partial charge on any atom is 0.270 e. The van der Waals surface area contributed by atoms with E-state index in [-0.39, 0.29) is 11.9 Å². The van der Waals surface area contributed by atoms with Crippen molar-refractivity contribution in [2.45, 2.75) is 25.3 Å². The molecular formula is C18H24N4OS. The van der Waals surface area contributed by atoms with E-state index >= 15 is 0 Å². The molecule has 6 heteroatoms. The molecule has 1 fully saturated rings. The molecule has 1 atom stereocenters. The van der Waals surface area contributed by atoms with E-state index in [0.717, 1.165) is 24.5 Å². The minimum absolute atomic E-state index is 0.102. The van der Waals surface area contributed by atoms with E-state index in [2.05, 4.69) is 39.5 Å². The van der Waals surface area contributed by atoms with Gasteiger partial charge in [-0.25, -0.2) is 4.98 Å². The smallest absolute Gasteiger partial charge is 0.270 e. The first-order valence-corrected chi connectivity index (χ1v) is 9.37. The molecule has 1 aromatic carbocycles. The molecule has 1 amide bonds. The number of rotatable bonds is 7. The highest BCUT2D eigenvalue weighted by Crippen LogP contribution is 2.24. The maximum atomic E-state index is 12.4. The van der Waals surface area contributed by atoms with E-state index in [1.165, 1.54) is 29.7 Å². The van der Waals surface area contributed by atoms with Crippen molar-refractivity contribution in [2.75, 3.05) is 26.2 Å². The van der Waals surface area contributed by atoms with Crippen LogP contribution in [-0.2, 0) is 6.42 Å². The van der Waals surface area contributed by atoms with Crippen molar-refractivity contribution in [1.29, 1.82) is 0 Å². The lowest BCUT2D eigenvalue weighted by atomic mass is 10.1. The molecule has 5 nitrogen and oxygen atoms in total. The summed E-state index contributed by atoms with van der Waals surface area (Å²) in [6.07, 6.45) is 3.18. The lowest BCUT2D eigenvalue weighted by molar-refractivity contribution is 0.0933. The third kappa shape index (κ3) is 4.20. The number of aromatic nitrogens is 1. The number of carbonyl (C=O) groups excluding carboxylic acids is 1. The van der Waals surface area contributed by atoms with E-state index in [0.29, 0.717) is 18.8 Å². The van der Waals surface area contributed by atoms with Gasteiger partial charge in [-0.15, -0.1) is 11.3 Å². The Morgan fingerprint density at radius 1 is 1.29 bits per heavy atom. The zero-order valence-electron chi connectivity index (χ0n) is 13.8.